The molecular formula is C16H24N6O2S. The minimum Gasteiger partial charge on any atom is -0.347 e. The molecule has 2 rings (SSSR count). The quantitative estimate of drug-likeness (QED) is 0.781. The van der Waals surface area contributed by atoms with E-state index >= 15 is 0 Å². The van der Waals surface area contributed by atoms with Gasteiger partial charge in [-0.2, -0.15) is 15.0 Å². The van der Waals surface area contributed by atoms with Crippen molar-refractivity contribution in [1.82, 2.24) is 19.7 Å². The smallest absolute Gasteiger partial charge is 0.229 e. The van der Waals surface area contributed by atoms with E-state index in [1.54, 1.807) is 9.80 Å². The van der Waals surface area contributed by atoms with E-state index in [2.05, 4.69) is 19.7 Å². The Morgan fingerprint density at radius 3 is 1.92 bits per heavy atom. The second kappa shape index (κ2) is 7.75. The normalized spacial score (nSPS) is 11.4. The molecule has 0 bridgehead atoms. The van der Waals surface area contributed by atoms with Gasteiger partial charge >= 0.3 is 0 Å². The molecular weight excluding hydrogens is 340 g/mol. The highest BCUT2D eigenvalue weighted by Crippen LogP contribution is 2.11. The summed E-state index contributed by atoms with van der Waals surface area (Å²) in [6.07, 6.45) is 0. The van der Waals surface area contributed by atoms with E-state index in [9.17, 15) is 8.42 Å². The van der Waals surface area contributed by atoms with Gasteiger partial charge in [-0.15, -0.1) is 0 Å². The SMILES string of the molecule is Cc1ccc(CS(=O)(=O)NCc2nc(N(C)C)nc(N(C)C)n2)cc1. The van der Waals surface area contributed by atoms with E-state index in [4.69, 9.17) is 0 Å². The Morgan fingerprint density at radius 2 is 1.44 bits per heavy atom. The Bertz CT molecular complexity index is 793. The number of sulfonamides is 1. The third-order valence-electron chi connectivity index (χ3n) is 3.39. The second-order valence-electron chi connectivity index (χ2n) is 6.21. The molecule has 9 heteroatoms. The average molecular weight is 364 g/mol. The molecule has 1 N–H and O–H groups in total. The van der Waals surface area contributed by atoms with Crippen LogP contribution in [0.4, 0.5) is 11.9 Å². The summed E-state index contributed by atoms with van der Waals surface area (Å²) in [6.45, 7) is 1.97. The molecule has 0 spiro atoms. The summed E-state index contributed by atoms with van der Waals surface area (Å²) in [7, 11) is 3.79. The Morgan fingerprint density at radius 1 is 0.920 bits per heavy atom. The van der Waals surface area contributed by atoms with E-state index in [-0.39, 0.29) is 12.3 Å². The topological polar surface area (TPSA) is 91.3 Å². The molecule has 1 aromatic heterocycles. The van der Waals surface area contributed by atoms with Crippen molar-refractivity contribution in [2.24, 2.45) is 0 Å². The first-order valence-corrected chi connectivity index (χ1v) is 9.44. The Hall–Kier alpha value is -2.26. The van der Waals surface area contributed by atoms with Gasteiger partial charge in [0.25, 0.3) is 0 Å². The summed E-state index contributed by atoms with van der Waals surface area (Å²) in [5.41, 5.74) is 1.82. The van der Waals surface area contributed by atoms with Gasteiger partial charge in [-0.1, -0.05) is 29.8 Å². The van der Waals surface area contributed by atoms with E-state index in [1.807, 2.05) is 59.4 Å². The van der Waals surface area contributed by atoms with Crippen molar-refractivity contribution >= 4 is 21.9 Å². The van der Waals surface area contributed by atoms with Gasteiger partial charge < -0.3 is 9.80 Å². The van der Waals surface area contributed by atoms with Crippen LogP contribution in [0.5, 0.6) is 0 Å². The highest BCUT2D eigenvalue weighted by Gasteiger charge is 2.15. The number of hydrogen-bond donors (Lipinski definition) is 1. The van der Waals surface area contributed by atoms with Crippen LogP contribution in [0.25, 0.3) is 0 Å². The molecule has 0 aliphatic rings. The van der Waals surface area contributed by atoms with Crippen molar-refractivity contribution in [2.75, 3.05) is 38.0 Å². The van der Waals surface area contributed by atoms with Crippen LogP contribution >= 0.6 is 0 Å². The summed E-state index contributed by atoms with van der Waals surface area (Å²) < 4.78 is 27.1. The molecule has 0 aliphatic carbocycles. The van der Waals surface area contributed by atoms with Crippen molar-refractivity contribution in [2.45, 2.75) is 19.2 Å². The fourth-order valence-corrected chi connectivity index (χ4v) is 3.09. The van der Waals surface area contributed by atoms with Gasteiger partial charge in [-0.3, -0.25) is 0 Å². The molecule has 0 radical (unpaired) electrons. The van der Waals surface area contributed by atoms with E-state index in [0.717, 1.165) is 11.1 Å². The Kier molecular flexibility index (Phi) is 5.91. The van der Waals surface area contributed by atoms with Crippen molar-refractivity contribution in [3.8, 4) is 0 Å². The lowest BCUT2D eigenvalue weighted by Gasteiger charge is -2.16. The molecule has 0 saturated carbocycles. The van der Waals surface area contributed by atoms with E-state index < -0.39 is 10.0 Å². The lowest BCUT2D eigenvalue weighted by molar-refractivity contribution is 0.578. The summed E-state index contributed by atoms with van der Waals surface area (Å²) in [5, 5.41) is 0. The van der Waals surface area contributed by atoms with Crippen molar-refractivity contribution in [3.05, 3.63) is 41.2 Å². The fourth-order valence-electron chi connectivity index (χ4n) is 2.00. The zero-order valence-electron chi connectivity index (χ0n) is 15.2. The van der Waals surface area contributed by atoms with Gasteiger partial charge in [0.15, 0.2) is 5.82 Å². The molecule has 2 aromatic rings. The molecule has 0 saturated heterocycles. The minimum atomic E-state index is -3.49. The largest absolute Gasteiger partial charge is 0.347 e. The number of nitrogens with one attached hydrogen (secondary N) is 1. The fraction of sp³-hybridized carbons (Fsp3) is 0.438. The van der Waals surface area contributed by atoms with Crippen LogP contribution in [-0.2, 0) is 22.3 Å². The Labute approximate surface area is 149 Å². The molecule has 136 valence electrons. The molecule has 0 atom stereocenters. The predicted molar refractivity (Wildman–Crippen MR) is 99.1 cm³/mol. The van der Waals surface area contributed by atoms with Gasteiger partial charge in [0.05, 0.1) is 12.3 Å². The molecule has 0 aliphatic heterocycles. The average Bonchev–Trinajstić information content (AvgIpc) is 2.54. The molecule has 1 heterocycles. The van der Waals surface area contributed by atoms with Gasteiger partial charge in [0.2, 0.25) is 21.9 Å². The van der Waals surface area contributed by atoms with E-state index in [1.165, 1.54) is 0 Å². The maximum absolute atomic E-state index is 12.3. The summed E-state index contributed by atoms with van der Waals surface area (Å²) in [4.78, 5) is 16.4. The highest BCUT2D eigenvalue weighted by molar-refractivity contribution is 7.88. The first kappa shape index (κ1) is 19.1. The molecule has 0 unspecified atom stereocenters. The monoisotopic (exact) mass is 364 g/mol. The number of hydrogen-bond acceptors (Lipinski definition) is 7. The van der Waals surface area contributed by atoms with Crippen LogP contribution in [0.1, 0.15) is 17.0 Å². The van der Waals surface area contributed by atoms with Crippen molar-refractivity contribution in [1.29, 1.82) is 0 Å². The molecule has 8 nitrogen and oxygen atoms in total. The molecule has 25 heavy (non-hydrogen) atoms. The van der Waals surface area contributed by atoms with Crippen LogP contribution in [0.3, 0.4) is 0 Å². The number of benzene rings is 1. The van der Waals surface area contributed by atoms with Crippen LogP contribution in [0, 0.1) is 6.92 Å². The highest BCUT2D eigenvalue weighted by atomic mass is 32.2. The zero-order chi connectivity index (χ0) is 18.6. The lowest BCUT2D eigenvalue weighted by Crippen LogP contribution is -2.27. The Balaban J connectivity index is 2.12. The molecule has 0 fully saturated rings. The predicted octanol–water partition coefficient (Wildman–Crippen LogP) is 0.932. The maximum Gasteiger partial charge on any atom is 0.229 e. The van der Waals surface area contributed by atoms with Crippen LogP contribution in [0.2, 0.25) is 0 Å². The zero-order valence-corrected chi connectivity index (χ0v) is 16.0. The second-order valence-corrected chi connectivity index (χ2v) is 8.01. The maximum atomic E-state index is 12.3. The summed E-state index contributed by atoms with van der Waals surface area (Å²) >= 11 is 0. The van der Waals surface area contributed by atoms with E-state index in [0.29, 0.717) is 17.7 Å². The van der Waals surface area contributed by atoms with Crippen LogP contribution in [0.15, 0.2) is 24.3 Å². The van der Waals surface area contributed by atoms with Gasteiger partial charge in [0, 0.05) is 28.2 Å². The number of anilines is 2. The summed E-state index contributed by atoms with van der Waals surface area (Å²) in [6, 6.07) is 7.41. The molecule has 0 amide bonds. The standard InChI is InChI=1S/C16H24N6O2S/c1-12-6-8-13(9-7-12)11-25(23,24)17-10-14-18-15(21(2)3)20-16(19-14)22(4)5/h6-9,17H,10-11H2,1-5H3. The van der Waals surface area contributed by atoms with Crippen molar-refractivity contribution < 1.29 is 8.42 Å². The number of aromatic nitrogens is 3. The summed E-state index contributed by atoms with van der Waals surface area (Å²) in [5.74, 6) is 1.24. The van der Waals surface area contributed by atoms with Gasteiger partial charge in [-0.05, 0) is 12.5 Å². The van der Waals surface area contributed by atoms with Crippen LogP contribution < -0.4 is 14.5 Å². The third-order valence-corrected chi connectivity index (χ3v) is 4.68. The minimum absolute atomic E-state index is 0.0123. The van der Waals surface area contributed by atoms with Gasteiger partial charge in [-0.25, -0.2) is 13.1 Å². The number of aryl methyl sites for hydroxylation is 1. The first-order chi connectivity index (χ1) is 11.7. The number of nitrogens with zero attached hydrogens (tertiary/aromatic N) is 5. The lowest BCUT2D eigenvalue weighted by atomic mass is 10.2. The first-order valence-electron chi connectivity index (χ1n) is 7.79. The van der Waals surface area contributed by atoms with Gasteiger partial charge in [0.1, 0.15) is 0 Å². The van der Waals surface area contributed by atoms with Crippen molar-refractivity contribution in [3.63, 3.8) is 0 Å². The third kappa shape index (κ3) is 5.64. The number of rotatable bonds is 7. The van der Waals surface area contributed by atoms with Crippen LogP contribution in [-0.4, -0.2) is 51.6 Å². The molecule has 1 aromatic carbocycles.